The number of piperazine rings is 2. The molecule has 4 heteroatoms. The zero-order valence-corrected chi connectivity index (χ0v) is 16.7. The zero-order chi connectivity index (χ0) is 17.3. The van der Waals surface area contributed by atoms with Crippen LogP contribution in [0.1, 0.15) is 54.4 Å². The molecule has 0 aliphatic carbocycles. The minimum absolute atomic E-state index is 0.293. The highest BCUT2D eigenvalue weighted by molar-refractivity contribution is 4.92. The van der Waals surface area contributed by atoms with Crippen molar-refractivity contribution in [3.8, 4) is 0 Å². The van der Waals surface area contributed by atoms with Gasteiger partial charge in [-0.25, -0.2) is 0 Å². The summed E-state index contributed by atoms with van der Waals surface area (Å²) in [6.45, 7) is 21.4. The molecular formula is C19H40N4. The van der Waals surface area contributed by atoms with Crippen LogP contribution >= 0.6 is 0 Å². The van der Waals surface area contributed by atoms with E-state index in [2.05, 4.69) is 68.6 Å². The van der Waals surface area contributed by atoms with Gasteiger partial charge in [-0.15, -0.1) is 0 Å². The highest BCUT2D eigenvalue weighted by atomic mass is 15.3. The van der Waals surface area contributed by atoms with Gasteiger partial charge in [0, 0.05) is 62.4 Å². The molecule has 4 nitrogen and oxygen atoms in total. The van der Waals surface area contributed by atoms with E-state index < -0.39 is 0 Å². The molecule has 0 amide bonds. The lowest BCUT2D eigenvalue weighted by Crippen LogP contribution is -2.59. The molecule has 0 radical (unpaired) electrons. The number of hydrogen-bond acceptors (Lipinski definition) is 4. The summed E-state index contributed by atoms with van der Waals surface area (Å²) in [6, 6.07) is 1.30. The maximum Gasteiger partial charge on any atom is 0.0200 e. The molecule has 1 N–H and O–H groups in total. The van der Waals surface area contributed by atoms with E-state index in [1.807, 2.05) is 0 Å². The normalized spacial score (nSPS) is 29.9. The molecule has 2 saturated heterocycles. The first-order valence-corrected chi connectivity index (χ1v) is 9.53. The number of likely N-dealkylation sites (N-methyl/N-ethyl adjacent to an activating group) is 1. The van der Waals surface area contributed by atoms with E-state index in [1.54, 1.807) is 0 Å². The van der Waals surface area contributed by atoms with Gasteiger partial charge in [-0.05, 0) is 61.4 Å². The van der Waals surface area contributed by atoms with Crippen LogP contribution in [0, 0.1) is 0 Å². The first-order valence-electron chi connectivity index (χ1n) is 9.53. The summed E-state index contributed by atoms with van der Waals surface area (Å²) in [5, 5.41) is 3.75. The standard InChI is InChI=1S/C19H40N4/c1-16-14-21(7)12-13-23(16)19(5,6)9-8-17-15-22(11-10-20-17)18(2,3)4/h16-17,20H,8-15H2,1-7H3. The summed E-state index contributed by atoms with van der Waals surface area (Å²) in [6.07, 6.45) is 2.55. The van der Waals surface area contributed by atoms with Gasteiger partial charge in [0.15, 0.2) is 0 Å². The molecule has 2 aliphatic rings. The molecule has 0 aromatic heterocycles. The van der Waals surface area contributed by atoms with Gasteiger partial charge in [0.2, 0.25) is 0 Å². The van der Waals surface area contributed by atoms with Crippen LogP contribution in [0.25, 0.3) is 0 Å². The van der Waals surface area contributed by atoms with Gasteiger partial charge in [0.25, 0.3) is 0 Å². The van der Waals surface area contributed by atoms with Crippen molar-refractivity contribution >= 4 is 0 Å². The van der Waals surface area contributed by atoms with E-state index in [0.717, 1.165) is 6.54 Å². The van der Waals surface area contributed by atoms with Crippen molar-refractivity contribution < 1.29 is 0 Å². The molecule has 136 valence electrons. The molecule has 0 saturated carbocycles. The van der Waals surface area contributed by atoms with Crippen molar-refractivity contribution in [2.24, 2.45) is 0 Å². The Morgan fingerprint density at radius 2 is 1.70 bits per heavy atom. The van der Waals surface area contributed by atoms with Crippen molar-refractivity contribution in [1.82, 2.24) is 20.0 Å². The van der Waals surface area contributed by atoms with Crippen LogP contribution in [0.2, 0.25) is 0 Å². The molecule has 0 aromatic carbocycles. The molecule has 2 aliphatic heterocycles. The lowest BCUT2D eigenvalue weighted by atomic mass is 9.90. The fraction of sp³-hybridized carbons (Fsp3) is 1.00. The van der Waals surface area contributed by atoms with Crippen LogP contribution in [0.3, 0.4) is 0 Å². The summed E-state index contributed by atoms with van der Waals surface area (Å²) in [5.74, 6) is 0. The van der Waals surface area contributed by atoms with Crippen molar-refractivity contribution in [2.75, 3.05) is 46.3 Å². The quantitative estimate of drug-likeness (QED) is 0.856. The maximum atomic E-state index is 3.75. The van der Waals surface area contributed by atoms with Crippen LogP contribution in [0.5, 0.6) is 0 Å². The van der Waals surface area contributed by atoms with Gasteiger partial charge >= 0.3 is 0 Å². The van der Waals surface area contributed by atoms with E-state index in [0.29, 0.717) is 23.2 Å². The summed E-state index contributed by atoms with van der Waals surface area (Å²) >= 11 is 0. The van der Waals surface area contributed by atoms with Crippen molar-refractivity contribution in [3.63, 3.8) is 0 Å². The highest BCUT2D eigenvalue weighted by Gasteiger charge is 2.35. The molecule has 2 unspecified atom stereocenters. The van der Waals surface area contributed by atoms with Gasteiger partial charge in [0.1, 0.15) is 0 Å². The molecule has 2 heterocycles. The summed E-state index contributed by atoms with van der Waals surface area (Å²) in [4.78, 5) is 7.83. The van der Waals surface area contributed by atoms with E-state index >= 15 is 0 Å². The fourth-order valence-electron chi connectivity index (χ4n) is 4.34. The Hall–Kier alpha value is -0.160. The second-order valence-electron chi connectivity index (χ2n) is 9.42. The lowest BCUT2D eigenvalue weighted by molar-refractivity contribution is 0.00854. The fourth-order valence-corrected chi connectivity index (χ4v) is 4.34. The molecule has 2 fully saturated rings. The highest BCUT2D eigenvalue weighted by Crippen LogP contribution is 2.27. The Kier molecular flexibility index (Phi) is 6.15. The topological polar surface area (TPSA) is 21.8 Å². The Labute approximate surface area is 144 Å². The minimum atomic E-state index is 0.293. The van der Waals surface area contributed by atoms with Crippen LogP contribution in [-0.4, -0.2) is 84.2 Å². The Morgan fingerprint density at radius 3 is 2.30 bits per heavy atom. The van der Waals surface area contributed by atoms with Crippen LogP contribution in [0.4, 0.5) is 0 Å². The zero-order valence-electron chi connectivity index (χ0n) is 16.7. The number of rotatable bonds is 4. The Morgan fingerprint density at radius 1 is 1.00 bits per heavy atom. The number of hydrogen-bond donors (Lipinski definition) is 1. The molecule has 2 rings (SSSR count). The summed E-state index contributed by atoms with van der Waals surface area (Å²) < 4.78 is 0. The average molecular weight is 325 g/mol. The Bertz CT molecular complexity index is 374. The maximum absolute atomic E-state index is 3.75. The largest absolute Gasteiger partial charge is 0.311 e. The lowest BCUT2D eigenvalue weighted by Gasteiger charge is -2.48. The van der Waals surface area contributed by atoms with E-state index in [1.165, 1.54) is 45.6 Å². The van der Waals surface area contributed by atoms with Crippen molar-refractivity contribution in [2.45, 2.75) is 77.5 Å². The molecular weight excluding hydrogens is 284 g/mol. The third-order valence-corrected chi connectivity index (χ3v) is 5.92. The third kappa shape index (κ3) is 5.15. The predicted octanol–water partition coefficient (Wildman–Crippen LogP) is 2.25. The van der Waals surface area contributed by atoms with Gasteiger partial charge in [-0.2, -0.15) is 0 Å². The molecule has 23 heavy (non-hydrogen) atoms. The van der Waals surface area contributed by atoms with Crippen molar-refractivity contribution in [1.29, 1.82) is 0 Å². The molecule has 2 atom stereocenters. The monoisotopic (exact) mass is 324 g/mol. The molecule has 0 spiro atoms. The summed E-state index contributed by atoms with van der Waals surface area (Å²) in [7, 11) is 2.24. The first-order chi connectivity index (χ1) is 10.6. The van der Waals surface area contributed by atoms with Gasteiger partial charge in [-0.3, -0.25) is 9.80 Å². The first kappa shape index (κ1) is 19.2. The number of nitrogens with zero attached hydrogens (tertiary/aromatic N) is 3. The van der Waals surface area contributed by atoms with E-state index in [-0.39, 0.29) is 0 Å². The average Bonchev–Trinajstić information content (AvgIpc) is 2.44. The third-order valence-electron chi connectivity index (χ3n) is 5.92. The van der Waals surface area contributed by atoms with E-state index in [9.17, 15) is 0 Å². The molecule has 0 bridgehead atoms. The molecule has 0 aromatic rings. The predicted molar refractivity (Wildman–Crippen MR) is 100 cm³/mol. The van der Waals surface area contributed by atoms with Crippen molar-refractivity contribution in [3.05, 3.63) is 0 Å². The van der Waals surface area contributed by atoms with Gasteiger partial charge < -0.3 is 10.2 Å². The van der Waals surface area contributed by atoms with Gasteiger partial charge in [0.05, 0.1) is 0 Å². The smallest absolute Gasteiger partial charge is 0.0200 e. The minimum Gasteiger partial charge on any atom is -0.311 e. The second kappa shape index (κ2) is 7.38. The summed E-state index contributed by atoms with van der Waals surface area (Å²) in [5.41, 5.74) is 0.591. The van der Waals surface area contributed by atoms with E-state index in [4.69, 9.17) is 0 Å². The SMILES string of the molecule is CC1CN(C)CCN1C(C)(C)CCC1CN(C(C)(C)C)CCN1. The van der Waals surface area contributed by atoms with Crippen LogP contribution in [-0.2, 0) is 0 Å². The van der Waals surface area contributed by atoms with Crippen LogP contribution < -0.4 is 5.32 Å². The van der Waals surface area contributed by atoms with Crippen LogP contribution in [0.15, 0.2) is 0 Å². The second-order valence-corrected chi connectivity index (χ2v) is 9.42. The van der Waals surface area contributed by atoms with Gasteiger partial charge in [-0.1, -0.05) is 0 Å². The Balaban J connectivity index is 1.86. The number of nitrogens with one attached hydrogen (secondary N) is 1.